The standard InChI is InChI=1S/C16H33N3O/c1-6-9-16(2,3)17-12-14-7-10-19(11-8-14)15(20)13-18(4)5/h14,17H,6-13H2,1-5H3. The average Bonchev–Trinajstić information content (AvgIpc) is 2.36. The van der Waals surface area contributed by atoms with Crippen molar-refractivity contribution < 1.29 is 4.79 Å². The van der Waals surface area contributed by atoms with Crippen LogP contribution in [0.2, 0.25) is 0 Å². The van der Waals surface area contributed by atoms with Gasteiger partial charge in [-0.15, -0.1) is 0 Å². The van der Waals surface area contributed by atoms with Gasteiger partial charge in [0.25, 0.3) is 0 Å². The Hall–Kier alpha value is -0.610. The van der Waals surface area contributed by atoms with E-state index in [0.29, 0.717) is 6.54 Å². The lowest BCUT2D eigenvalue weighted by Crippen LogP contribution is -2.46. The van der Waals surface area contributed by atoms with Crippen molar-refractivity contribution in [2.75, 3.05) is 40.3 Å². The van der Waals surface area contributed by atoms with Crippen LogP contribution in [0.25, 0.3) is 0 Å². The lowest BCUT2D eigenvalue weighted by molar-refractivity contribution is -0.133. The summed E-state index contributed by atoms with van der Waals surface area (Å²) in [6, 6.07) is 0. The minimum atomic E-state index is 0.243. The smallest absolute Gasteiger partial charge is 0.236 e. The van der Waals surface area contributed by atoms with Gasteiger partial charge in [-0.1, -0.05) is 13.3 Å². The van der Waals surface area contributed by atoms with Crippen LogP contribution in [0, 0.1) is 5.92 Å². The summed E-state index contributed by atoms with van der Waals surface area (Å²) in [6.45, 7) is 10.3. The molecule has 0 saturated carbocycles. The number of rotatable bonds is 7. The number of likely N-dealkylation sites (tertiary alicyclic amines) is 1. The Bertz CT molecular complexity index is 294. The molecule has 0 spiro atoms. The zero-order chi connectivity index (χ0) is 15.2. The van der Waals surface area contributed by atoms with Crippen molar-refractivity contribution in [3.8, 4) is 0 Å². The number of carbonyl (C=O) groups is 1. The van der Waals surface area contributed by atoms with Crippen LogP contribution in [-0.2, 0) is 4.79 Å². The zero-order valence-corrected chi connectivity index (χ0v) is 14.0. The monoisotopic (exact) mass is 283 g/mol. The highest BCUT2D eigenvalue weighted by atomic mass is 16.2. The van der Waals surface area contributed by atoms with E-state index in [9.17, 15) is 4.79 Å². The molecule has 1 fully saturated rings. The van der Waals surface area contributed by atoms with Crippen LogP contribution in [0.1, 0.15) is 46.5 Å². The van der Waals surface area contributed by atoms with E-state index >= 15 is 0 Å². The van der Waals surface area contributed by atoms with Gasteiger partial charge in [0.15, 0.2) is 0 Å². The predicted molar refractivity (Wildman–Crippen MR) is 84.8 cm³/mol. The van der Waals surface area contributed by atoms with Crippen LogP contribution in [-0.4, -0.2) is 61.5 Å². The Morgan fingerprint density at radius 2 is 1.90 bits per heavy atom. The molecule has 1 amide bonds. The van der Waals surface area contributed by atoms with Crippen molar-refractivity contribution in [1.82, 2.24) is 15.1 Å². The summed E-state index contributed by atoms with van der Waals surface area (Å²) < 4.78 is 0. The minimum absolute atomic E-state index is 0.243. The molecule has 1 saturated heterocycles. The molecule has 1 rings (SSSR count). The van der Waals surface area contributed by atoms with E-state index in [4.69, 9.17) is 0 Å². The van der Waals surface area contributed by atoms with E-state index in [-0.39, 0.29) is 11.4 Å². The van der Waals surface area contributed by atoms with Gasteiger partial charge in [0, 0.05) is 18.6 Å². The van der Waals surface area contributed by atoms with Gasteiger partial charge in [0.2, 0.25) is 5.91 Å². The van der Waals surface area contributed by atoms with Crippen molar-refractivity contribution in [1.29, 1.82) is 0 Å². The number of hydrogen-bond acceptors (Lipinski definition) is 3. The van der Waals surface area contributed by atoms with E-state index in [2.05, 4.69) is 26.1 Å². The molecule has 0 radical (unpaired) electrons. The Labute approximate surface area is 124 Å². The quantitative estimate of drug-likeness (QED) is 0.776. The molecule has 0 bridgehead atoms. The second-order valence-corrected chi connectivity index (χ2v) is 7.08. The van der Waals surface area contributed by atoms with Gasteiger partial charge in [0.1, 0.15) is 0 Å². The van der Waals surface area contributed by atoms with Gasteiger partial charge in [0.05, 0.1) is 6.54 Å². The van der Waals surface area contributed by atoms with Gasteiger partial charge in [-0.3, -0.25) is 4.79 Å². The maximum atomic E-state index is 12.0. The second kappa shape index (κ2) is 7.99. The Balaban J connectivity index is 2.27. The maximum absolute atomic E-state index is 12.0. The van der Waals surface area contributed by atoms with Crippen molar-refractivity contribution in [3.05, 3.63) is 0 Å². The SMILES string of the molecule is CCCC(C)(C)NCC1CCN(C(=O)CN(C)C)CC1. The summed E-state index contributed by atoms with van der Waals surface area (Å²) in [5.41, 5.74) is 0.243. The first-order chi connectivity index (χ1) is 9.34. The van der Waals surface area contributed by atoms with E-state index in [0.717, 1.165) is 38.4 Å². The lowest BCUT2D eigenvalue weighted by Gasteiger charge is -2.35. The highest BCUT2D eigenvalue weighted by molar-refractivity contribution is 5.78. The fourth-order valence-electron chi connectivity index (χ4n) is 2.89. The third kappa shape index (κ3) is 6.23. The van der Waals surface area contributed by atoms with Crippen LogP contribution in [0.5, 0.6) is 0 Å². The summed E-state index contributed by atoms with van der Waals surface area (Å²) in [6.07, 6.45) is 4.70. The molecule has 20 heavy (non-hydrogen) atoms. The fraction of sp³-hybridized carbons (Fsp3) is 0.938. The second-order valence-electron chi connectivity index (χ2n) is 7.08. The molecule has 118 valence electrons. The molecule has 0 unspecified atom stereocenters. The van der Waals surface area contributed by atoms with Crippen LogP contribution in [0.3, 0.4) is 0 Å². The molecule has 0 aliphatic carbocycles. The number of hydrogen-bond donors (Lipinski definition) is 1. The highest BCUT2D eigenvalue weighted by Crippen LogP contribution is 2.19. The predicted octanol–water partition coefficient (Wildman–Crippen LogP) is 1.95. The summed E-state index contributed by atoms with van der Waals surface area (Å²) >= 11 is 0. The molecule has 1 aliphatic rings. The summed E-state index contributed by atoms with van der Waals surface area (Å²) in [4.78, 5) is 16.0. The van der Waals surface area contributed by atoms with Gasteiger partial charge in [-0.05, 0) is 59.7 Å². The first kappa shape index (κ1) is 17.4. The molecule has 0 aromatic carbocycles. The number of carbonyl (C=O) groups excluding carboxylic acids is 1. The topological polar surface area (TPSA) is 35.6 Å². The molecule has 0 atom stereocenters. The van der Waals surface area contributed by atoms with Crippen molar-refractivity contribution in [2.45, 2.75) is 52.0 Å². The van der Waals surface area contributed by atoms with E-state index in [1.54, 1.807) is 0 Å². The molecule has 0 aromatic rings. The zero-order valence-electron chi connectivity index (χ0n) is 14.0. The van der Waals surface area contributed by atoms with Crippen LogP contribution in [0.15, 0.2) is 0 Å². The van der Waals surface area contributed by atoms with Crippen LogP contribution in [0.4, 0.5) is 0 Å². The fourth-order valence-corrected chi connectivity index (χ4v) is 2.89. The highest BCUT2D eigenvalue weighted by Gasteiger charge is 2.24. The molecule has 1 aliphatic heterocycles. The van der Waals surface area contributed by atoms with Gasteiger partial charge < -0.3 is 15.1 Å². The molecular formula is C16H33N3O. The molecule has 0 aromatic heterocycles. The Kier molecular flexibility index (Phi) is 6.96. The molecular weight excluding hydrogens is 250 g/mol. The van der Waals surface area contributed by atoms with Gasteiger partial charge in [-0.25, -0.2) is 0 Å². The van der Waals surface area contributed by atoms with Crippen molar-refractivity contribution in [2.24, 2.45) is 5.92 Å². The largest absolute Gasteiger partial charge is 0.342 e. The van der Waals surface area contributed by atoms with Crippen LogP contribution < -0.4 is 5.32 Å². The van der Waals surface area contributed by atoms with E-state index < -0.39 is 0 Å². The number of piperidine rings is 1. The third-order valence-corrected chi connectivity index (χ3v) is 4.16. The number of nitrogens with one attached hydrogen (secondary N) is 1. The summed E-state index contributed by atoms with van der Waals surface area (Å²) in [7, 11) is 3.90. The lowest BCUT2D eigenvalue weighted by atomic mass is 9.93. The Morgan fingerprint density at radius 1 is 1.30 bits per heavy atom. The van der Waals surface area contributed by atoms with Gasteiger partial charge in [-0.2, -0.15) is 0 Å². The van der Waals surface area contributed by atoms with E-state index in [1.807, 2.05) is 23.9 Å². The molecule has 1 heterocycles. The number of likely N-dealkylation sites (N-methyl/N-ethyl adjacent to an activating group) is 1. The summed E-state index contributed by atoms with van der Waals surface area (Å²) in [5, 5.41) is 3.69. The normalized spacial score (nSPS) is 17.8. The van der Waals surface area contributed by atoms with Crippen LogP contribution >= 0.6 is 0 Å². The third-order valence-electron chi connectivity index (χ3n) is 4.16. The number of nitrogens with zero attached hydrogens (tertiary/aromatic N) is 2. The van der Waals surface area contributed by atoms with Crippen molar-refractivity contribution >= 4 is 5.91 Å². The maximum Gasteiger partial charge on any atom is 0.236 e. The van der Waals surface area contributed by atoms with Gasteiger partial charge >= 0.3 is 0 Å². The summed E-state index contributed by atoms with van der Waals surface area (Å²) in [5.74, 6) is 0.988. The molecule has 4 nitrogen and oxygen atoms in total. The average molecular weight is 283 g/mol. The van der Waals surface area contributed by atoms with Crippen molar-refractivity contribution in [3.63, 3.8) is 0 Å². The number of amides is 1. The first-order valence-electron chi connectivity index (χ1n) is 8.01. The Morgan fingerprint density at radius 3 is 2.40 bits per heavy atom. The first-order valence-corrected chi connectivity index (χ1v) is 8.01. The molecule has 1 N–H and O–H groups in total. The molecule has 4 heteroatoms. The van der Waals surface area contributed by atoms with E-state index in [1.165, 1.54) is 12.8 Å². The minimum Gasteiger partial charge on any atom is -0.342 e.